The largest absolute Gasteiger partial charge is 0.497 e. The number of amides is 1. The number of carbonyl (C=O) groups excluding carboxylic acids is 1. The number of hydrogen-bond acceptors (Lipinski definition) is 5. The van der Waals surface area contributed by atoms with Gasteiger partial charge < -0.3 is 10.1 Å². The van der Waals surface area contributed by atoms with E-state index in [2.05, 4.69) is 10.3 Å². The third kappa shape index (κ3) is 3.23. The average molecular weight is 383 g/mol. The average Bonchev–Trinajstić information content (AvgIpc) is 3.03. The van der Waals surface area contributed by atoms with Crippen molar-refractivity contribution in [3.8, 4) is 5.75 Å². The SMILES string of the molecule is COc1ccc(CNC(=O)c2sc3nc4n(c(=O)c3c2C)CCCC4)cc1. The summed E-state index contributed by atoms with van der Waals surface area (Å²) < 4.78 is 6.91. The van der Waals surface area contributed by atoms with Crippen LogP contribution in [-0.4, -0.2) is 22.6 Å². The molecule has 0 fully saturated rings. The van der Waals surface area contributed by atoms with E-state index in [4.69, 9.17) is 4.74 Å². The Morgan fingerprint density at radius 1 is 1.30 bits per heavy atom. The van der Waals surface area contributed by atoms with Crippen molar-refractivity contribution in [1.29, 1.82) is 0 Å². The van der Waals surface area contributed by atoms with E-state index in [1.54, 1.807) is 11.7 Å². The fraction of sp³-hybridized carbons (Fsp3) is 0.350. The maximum Gasteiger partial charge on any atom is 0.262 e. The van der Waals surface area contributed by atoms with Crippen LogP contribution in [0.15, 0.2) is 29.1 Å². The van der Waals surface area contributed by atoms with Crippen LogP contribution in [0.25, 0.3) is 10.2 Å². The Balaban J connectivity index is 1.61. The Kier molecular flexibility index (Phi) is 4.70. The molecule has 4 rings (SSSR count). The third-order valence-corrected chi connectivity index (χ3v) is 6.16. The quantitative estimate of drug-likeness (QED) is 0.752. The van der Waals surface area contributed by atoms with Crippen molar-refractivity contribution >= 4 is 27.5 Å². The van der Waals surface area contributed by atoms with Crippen LogP contribution in [0.4, 0.5) is 0 Å². The monoisotopic (exact) mass is 383 g/mol. The number of aromatic nitrogens is 2. The first kappa shape index (κ1) is 17.7. The minimum atomic E-state index is -0.173. The van der Waals surface area contributed by atoms with E-state index in [1.807, 2.05) is 31.2 Å². The zero-order chi connectivity index (χ0) is 19.0. The van der Waals surface area contributed by atoms with Crippen molar-refractivity contribution in [3.05, 3.63) is 56.4 Å². The molecule has 1 aliphatic heterocycles. The molecule has 2 aromatic heterocycles. The standard InChI is InChI=1S/C20H21N3O3S/c1-12-16-19(22-15-5-3-4-10-23(15)20(16)25)27-17(12)18(24)21-11-13-6-8-14(26-2)9-7-13/h6-9H,3-5,10-11H2,1-2H3,(H,21,24). The molecule has 27 heavy (non-hydrogen) atoms. The molecule has 0 bridgehead atoms. The molecule has 140 valence electrons. The van der Waals surface area contributed by atoms with Crippen LogP contribution in [0.3, 0.4) is 0 Å². The van der Waals surface area contributed by atoms with Crippen LogP contribution < -0.4 is 15.6 Å². The summed E-state index contributed by atoms with van der Waals surface area (Å²) in [6.07, 6.45) is 2.87. The summed E-state index contributed by atoms with van der Waals surface area (Å²) in [4.78, 5) is 31.5. The Hall–Kier alpha value is -2.67. The third-order valence-electron chi connectivity index (χ3n) is 4.98. The molecule has 1 aromatic carbocycles. The molecular formula is C20H21N3O3S. The second-order valence-electron chi connectivity index (χ2n) is 6.71. The number of carbonyl (C=O) groups is 1. The van der Waals surface area contributed by atoms with Gasteiger partial charge in [-0.1, -0.05) is 12.1 Å². The second kappa shape index (κ2) is 7.15. The van der Waals surface area contributed by atoms with Crippen molar-refractivity contribution in [3.63, 3.8) is 0 Å². The maximum absolute atomic E-state index is 12.9. The molecule has 0 saturated heterocycles. The lowest BCUT2D eigenvalue weighted by Crippen LogP contribution is -2.28. The lowest BCUT2D eigenvalue weighted by atomic mass is 10.1. The van der Waals surface area contributed by atoms with Crippen LogP contribution in [0, 0.1) is 6.92 Å². The number of hydrogen-bond donors (Lipinski definition) is 1. The summed E-state index contributed by atoms with van der Waals surface area (Å²) in [5, 5.41) is 3.52. The van der Waals surface area contributed by atoms with Crippen LogP contribution in [0.2, 0.25) is 0 Å². The van der Waals surface area contributed by atoms with Crippen LogP contribution in [0.5, 0.6) is 5.75 Å². The number of thiophene rings is 1. The van der Waals surface area contributed by atoms with Gasteiger partial charge in [0.25, 0.3) is 11.5 Å². The predicted octanol–water partition coefficient (Wildman–Crippen LogP) is 3.04. The lowest BCUT2D eigenvalue weighted by Gasteiger charge is -2.16. The molecule has 6 nitrogen and oxygen atoms in total. The van der Waals surface area contributed by atoms with Crippen LogP contribution >= 0.6 is 11.3 Å². The first-order valence-corrected chi connectivity index (χ1v) is 9.84. The molecule has 0 radical (unpaired) electrons. The number of aryl methyl sites for hydroxylation is 2. The molecule has 3 aromatic rings. The molecule has 0 saturated carbocycles. The zero-order valence-corrected chi connectivity index (χ0v) is 16.2. The maximum atomic E-state index is 12.9. The summed E-state index contributed by atoms with van der Waals surface area (Å²) in [6.45, 7) is 2.96. The van der Waals surface area contributed by atoms with Crippen molar-refractivity contribution in [2.24, 2.45) is 0 Å². The molecule has 1 amide bonds. The summed E-state index contributed by atoms with van der Waals surface area (Å²) in [6, 6.07) is 7.56. The second-order valence-corrected chi connectivity index (χ2v) is 7.71. The minimum absolute atomic E-state index is 0.0161. The van der Waals surface area contributed by atoms with Gasteiger partial charge in [-0.05, 0) is 43.0 Å². The van der Waals surface area contributed by atoms with Gasteiger partial charge in [-0.25, -0.2) is 4.98 Å². The summed E-state index contributed by atoms with van der Waals surface area (Å²) in [7, 11) is 1.62. The first-order chi connectivity index (χ1) is 13.1. The number of nitrogens with one attached hydrogen (secondary N) is 1. The molecule has 0 atom stereocenters. The van der Waals surface area contributed by atoms with Gasteiger partial charge in [0.1, 0.15) is 16.4 Å². The fourth-order valence-electron chi connectivity index (χ4n) is 3.46. The van der Waals surface area contributed by atoms with E-state index in [1.165, 1.54) is 11.3 Å². The van der Waals surface area contributed by atoms with Gasteiger partial charge in [0.15, 0.2) is 0 Å². The Bertz CT molecular complexity index is 1070. The molecule has 7 heteroatoms. The Morgan fingerprint density at radius 3 is 2.81 bits per heavy atom. The molecule has 0 unspecified atom stereocenters. The normalized spacial score (nSPS) is 13.4. The van der Waals surface area contributed by atoms with Crippen molar-refractivity contribution in [2.75, 3.05) is 7.11 Å². The number of methoxy groups -OCH3 is 1. The van der Waals surface area contributed by atoms with Crippen LogP contribution in [0.1, 0.15) is 39.5 Å². The smallest absolute Gasteiger partial charge is 0.262 e. The van der Waals surface area contributed by atoms with Gasteiger partial charge in [-0.3, -0.25) is 14.2 Å². The molecule has 3 heterocycles. The van der Waals surface area contributed by atoms with E-state index in [0.29, 0.717) is 28.2 Å². The highest BCUT2D eigenvalue weighted by Gasteiger charge is 2.22. The van der Waals surface area contributed by atoms with Gasteiger partial charge in [0.2, 0.25) is 0 Å². The number of benzene rings is 1. The minimum Gasteiger partial charge on any atom is -0.497 e. The Labute approximate surface area is 160 Å². The highest BCUT2D eigenvalue weighted by atomic mass is 32.1. The van der Waals surface area contributed by atoms with Gasteiger partial charge in [0, 0.05) is 19.5 Å². The van der Waals surface area contributed by atoms with E-state index in [0.717, 1.165) is 42.0 Å². The van der Waals surface area contributed by atoms with Gasteiger partial charge in [-0.15, -0.1) is 11.3 Å². The summed E-state index contributed by atoms with van der Waals surface area (Å²) >= 11 is 1.30. The van der Waals surface area contributed by atoms with Gasteiger partial charge >= 0.3 is 0 Å². The lowest BCUT2D eigenvalue weighted by molar-refractivity contribution is 0.0954. The summed E-state index contributed by atoms with van der Waals surface area (Å²) in [5.41, 5.74) is 1.69. The van der Waals surface area contributed by atoms with E-state index in [-0.39, 0.29) is 11.5 Å². The first-order valence-electron chi connectivity index (χ1n) is 9.02. The highest BCUT2D eigenvalue weighted by Crippen LogP contribution is 2.28. The zero-order valence-electron chi connectivity index (χ0n) is 15.4. The molecular weight excluding hydrogens is 362 g/mol. The van der Waals surface area contributed by atoms with E-state index < -0.39 is 0 Å². The highest BCUT2D eigenvalue weighted by molar-refractivity contribution is 7.20. The topological polar surface area (TPSA) is 73.2 Å². The number of ether oxygens (including phenoxy) is 1. The summed E-state index contributed by atoms with van der Waals surface area (Å²) in [5.74, 6) is 1.44. The van der Waals surface area contributed by atoms with Crippen molar-refractivity contribution in [2.45, 2.75) is 39.3 Å². The molecule has 0 spiro atoms. The Morgan fingerprint density at radius 2 is 2.07 bits per heavy atom. The number of fused-ring (bicyclic) bond motifs is 2. The van der Waals surface area contributed by atoms with E-state index in [9.17, 15) is 9.59 Å². The van der Waals surface area contributed by atoms with Crippen LogP contribution in [-0.2, 0) is 19.5 Å². The van der Waals surface area contributed by atoms with Crippen molar-refractivity contribution in [1.82, 2.24) is 14.9 Å². The predicted molar refractivity (Wildman–Crippen MR) is 106 cm³/mol. The van der Waals surface area contributed by atoms with Crippen molar-refractivity contribution < 1.29 is 9.53 Å². The molecule has 1 N–H and O–H groups in total. The number of nitrogens with zero attached hydrogens (tertiary/aromatic N) is 2. The number of rotatable bonds is 4. The van der Waals surface area contributed by atoms with Gasteiger partial charge in [-0.2, -0.15) is 0 Å². The fourth-order valence-corrected chi connectivity index (χ4v) is 4.56. The van der Waals surface area contributed by atoms with Gasteiger partial charge in [0.05, 0.1) is 17.4 Å². The molecule has 1 aliphatic rings. The molecule has 0 aliphatic carbocycles. The van der Waals surface area contributed by atoms with E-state index >= 15 is 0 Å².